The van der Waals surface area contributed by atoms with E-state index in [1.54, 1.807) is 53.4 Å². The van der Waals surface area contributed by atoms with Gasteiger partial charge in [0.05, 0.1) is 24.1 Å². The van der Waals surface area contributed by atoms with Crippen molar-refractivity contribution in [2.24, 2.45) is 0 Å². The summed E-state index contributed by atoms with van der Waals surface area (Å²) in [4.78, 5) is 44.3. The number of Topliss-reactive ketones (excluding diaryl/α,β-unsaturated/α-hetero) is 1. The van der Waals surface area contributed by atoms with Crippen molar-refractivity contribution in [3.05, 3.63) is 89.0 Å². The number of ketones is 1. The van der Waals surface area contributed by atoms with Gasteiger partial charge in [-0.1, -0.05) is 30.3 Å². The molecule has 3 heterocycles. The number of para-hydroxylation sites is 3. The number of carbonyl (C=O) groups is 3. The summed E-state index contributed by atoms with van der Waals surface area (Å²) in [7, 11) is 1.51. The van der Waals surface area contributed by atoms with E-state index in [0.29, 0.717) is 23.5 Å². The Morgan fingerprint density at radius 3 is 2.44 bits per heavy atom. The molecular weight excluding hydrogens is 460 g/mol. The molecule has 0 saturated carbocycles. The van der Waals surface area contributed by atoms with Gasteiger partial charge in [0.15, 0.2) is 5.54 Å². The van der Waals surface area contributed by atoms with Crippen molar-refractivity contribution in [2.75, 3.05) is 23.5 Å². The minimum absolute atomic E-state index is 0.0131. The lowest BCUT2D eigenvalue weighted by molar-refractivity contribution is -0.132. The number of benzene rings is 3. The largest absolute Gasteiger partial charge is 0.507 e. The molecule has 3 aliphatic rings. The van der Waals surface area contributed by atoms with Gasteiger partial charge in [0, 0.05) is 17.7 Å². The number of carbonyl (C=O) groups excluding carboxylic acids is 3. The molecule has 0 bridgehead atoms. The first-order valence-electron chi connectivity index (χ1n) is 11.6. The number of phenols is 1. The smallest absolute Gasteiger partial charge is 0.300 e. The van der Waals surface area contributed by atoms with Crippen LogP contribution in [-0.2, 0) is 26.3 Å². The molecule has 1 saturated heterocycles. The van der Waals surface area contributed by atoms with Crippen molar-refractivity contribution < 1.29 is 29.3 Å². The Kier molecular flexibility index (Phi) is 4.69. The number of aryl methyl sites for hydroxylation is 1. The van der Waals surface area contributed by atoms with Crippen molar-refractivity contribution in [3.63, 3.8) is 0 Å². The van der Waals surface area contributed by atoms with E-state index in [-0.39, 0.29) is 22.6 Å². The average molecular weight is 482 g/mol. The van der Waals surface area contributed by atoms with Gasteiger partial charge in [0.2, 0.25) is 0 Å². The lowest BCUT2D eigenvalue weighted by atomic mass is 9.81. The Bertz CT molecular complexity index is 1490. The molecule has 3 aliphatic heterocycles. The highest BCUT2D eigenvalue weighted by Crippen LogP contribution is 2.57. The van der Waals surface area contributed by atoms with E-state index in [9.17, 15) is 24.6 Å². The molecule has 1 spiro atoms. The zero-order valence-corrected chi connectivity index (χ0v) is 19.4. The molecule has 2 N–H and O–H groups in total. The van der Waals surface area contributed by atoms with Gasteiger partial charge in [-0.3, -0.25) is 19.3 Å². The molecule has 6 rings (SSSR count). The van der Waals surface area contributed by atoms with Crippen molar-refractivity contribution in [2.45, 2.75) is 18.4 Å². The summed E-state index contributed by atoms with van der Waals surface area (Å²) in [5.74, 6) is -2.71. The fraction of sp³-hybridized carbons (Fsp3) is 0.179. The maximum atomic E-state index is 14.4. The number of anilines is 2. The third-order valence-corrected chi connectivity index (χ3v) is 7.21. The SMILES string of the molecule is COc1ccc(/C(O)=C2\C(=O)C(=O)N(c3ccccc3O)C23C(=O)N2CCCc4cccc3c42)cc1. The van der Waals surface area contributed by atoms with Gasteiger partial charge in [-0.15, -0.1) is 0 Å². The van der Waals surface area contributed by atoms with E-state index in [1.165, 1.54) is 19.2 Å². The number of ether oxygens (including phenoxy) is 1. The third-order valence-electron chi connectivity index (χ3n) is 7.21. The number of aromatic hydroxyl groups is 1. The van der Waals surface area contributed by atoms with Crippen molar-refractivity contribution in [1.29, 1.82) is 0 Å². The fourth-order valence-electron chi connectivity index (χ4n) is 5.67. The zero-order chi connectivity index (χ0) is 25.2. The Morgan fingerprint density at radius 1 is 0.972 bits per heavy atom. The number of aliphatic hydroxyl groups excluding tert-OH is 1. The molecule has 180 valence electrons. The highest BCUT2D eigenvalue weighted by Gasteiger charge is 2.68. The third kappa shape index (κ3) is 2.66. The summed E-state index contributed by atoms with van der Waals surface area (Å²) < 4.78 is 5.19. The molecule has 1 unspecified atom stereocenters. The van der Waals surface area contributed by atoms with E-state index in [0.717, 1.165) is 23.3 Å². The summed E-state index contributed by atoms with van der Waals surface area (Å²) >= 11 is 0. The first kappa shape index (κ1) is 21.9. The summed E-state index contributed by atoms with van der Waals surface area (Å²) in [5, 5.41) is 22.2. The number of fused-ring (bicyclic) bond motifs is 1. The van der Waals surface area contributed by atoms with Gasteiger partial charge in [-0.25, -0.2) is 0 Å². The molecule has 0 aromatic heterocycles. The summed E-state index contributed by atoms with van der Waals surface area (Å²) in [6, 6.07) is 17.8. The van der Waals surface area contributed by atoms with Gasteiger partial charge >= 0.3 is 5.91 Å². The van der Waals surface area contributed by atoms with Crippen LogP contribution in [0, 0.1) is 0 Å². The van der Waals surface area contributed by atoms with Gasteiger partial charge in [0.25, 0.3) is 11.7 Å². The number of hydrogen-bond acceptors (Lipinski definition) is 6. The summed E-state index contributed by atoms with van der Waals surface area (Å²) in [6.45, 7) is 0.415. The van der Waals surface area contributed by atoms with Crippen LogP contribution in [0.5, 0.6) is 11.5 Å². The molecule has 3 aromatic carbocycles. The second-order valence-electron chi connectivity index (χ2n) is 8.99. The number of amides is 2. The maximum absolute atomic E-state index is 14.4. The van der Waals surface area contributed by atoms with Crippen LogP contribution in [0.15, 0.2) is 72.3 Å². The van der Waals surface area contributed by atoms with E-state index < -0.39 is 28.9 Å². The maximum Gasteiger partial charge on any atom is 0.300 e. The molecule has 1 fully saturated rings. The number of rotatable bonds is 3. The molecule has 36 heavy (non-hydrogen) atoms. The van der Waals surface area contributed by atoms with Crippen molar-refractivity contribution >= 4 is 34.7 Å². The molecule has 0 radical (unpaired) electrons. The number of nitrogens with zero attached hydrogens (tertiary/aromatic N) is 2. The molecule has 0 aliphatic carbocycles. The van der Waals surface area contributed by atoms with Crippen LogP contribution in [0.1, 0.15) is 23.1 Å². The lowest BCUT2D eigenvalue weighted by Gasteiger charge is -2.34. The Morgan fingerprint density at radius 2 is 1.72 bits per heavy atom. The minimum Gasteiger partial charge on any atom is -0.507 e. The highest BCUT2D eigenvalue weighted by atomic mass is 16.5. The monoisotopic (exact) mass is 482 g/mol. The average Bonchev–Trinajstić information content (AvgIpc) is 3.29. The summed E-state index contributed by atoms with van der Waals surface area (Å²) in [6.07, 6.45) is 1.46. The second-order valence-corrected chi connectivity index (χ2v) is 8.99. The van der Waals surface area contributed by atoms with E-state index in [2.05, 4.69) is 0 Å². The van der Waals surface area contributed by atoms with Crippen LogP contribution in [0.25, 0.3) is 5.76 Å². The van der Waals surface area contributed by atoms with Crippen LogP contribution in [0.4, 0.5) is 11.4 Å². The molecule has 1 atom stereocenters. The number of methoxy groups -OCH3 is 1. The highest BCUT2D eigenvalue weighted by molar-refractivity contribution is 6.55. The fourth-order valence-corrected chi connectivity index (χ4v) is 5.67. The number of phenolic OH excluding ortho intramolecular Hbond substituents is 1. The first-order chi connectivity index (χ1) is 17.4. The van der Waals surface area contributed by atoms with E-state index in [1.807, 2.05) is 6.07 Å². The molecular formula is C28H22N2O6. The van der Waals surface area contributed by atoms with Crippen molar-refractivity contribution in [1.82, 2.24) is 0 Å². The standard InChI is InChI=1S/C28H22N2O6/c1-36-18-13-11-17(12-14-18)24(32)22-25(33)26(34)30(20-9-2-3-10-21(20)31)28(22)19-8-4-6-16-7-5-15-29(23(16)19)27(28)35/h2-4,6,8-14,31-32H,5,7,15H2,1H3/b24-22-. The Balaban J connectivity index is 1.72. The minimum atomic E-state index is -1.97. The van der Waals surface area contributed by atoms with Crippen LogP contribution in [0.3, 0.4) is 0 Å². The number of aliphatic hydroxyl groups is 1. The first-order valence-corrected chi connectivity index (χ1v) is 11.6. The molecule has 3 aromatic rings. The normalized spacial score (nSPS) is 21.9. The Hall–Kier alpha value is -4.59. The van der Waals surface area contributed by atoms with Gasteiger partial charge < -0.3 is 19.8 Å². The van der Waals surface area contributed by atoms with Crippen LogP contribution in [0.2, 0.25) is 0 Å². The van der Waals surface area contributed by atoms with E-state index >= 15 is 0 Å². The second kappa shape index (κ2) is 7.71. The van der Waals surface area contributed by atoms with Crippen LogP contribution >= 0.6 is 0 Å². The van der Waals surface area contributed by atoms with Crippen LogP contribution < -0.4 is 14.5 Å². The van der Waals surface area contributed by atoms with Crippen molar-refractivity contribution in [3.8, 4) is 11.5 Å². The predicted molar refractivity (Wildman–Crippen MR) is 132 cm³/mol. The predicted octanol–water partition coefficient (Wildman–Crippen LogP) is 3.47. The Labute approximate surface area is 206 Å². The van der Waals surface area contributed by atoms with Gasteiger partial charge in [0.1, 0.15) is 17.3 Å². The van der Waals surface area contributed by atoms with E-state index in [4.69, 9.17) is 4.74 Å². The van der Waals surface area contributed by atoms with Crippen LogP contribution in [-0.4, -0.2) is 41.5 Å². The molecule has 8 heteroatoms. The quantitative estimate of drug-likeness (QED) is 0.336. The van der Waals surface area contributed by atoms with Gasteiger partial charge in [-0.05, 0) is 54.8 Å². The van der Waals surface area contributed by atoms with Gasteiger partial charge in [-0.2, -0.15) is 0 Å². The topological polar surface area (TPSA) is 107 Å². The number of hydrogen-bond donors (Lipinski definition) is 2. The summed E-state index contributed by atoms with van der Waals surface area (Å²) in [5.41, 5.74) is -0.0143. The molecule has 2 amide bonds. The molecule has 8 nitrogen and oxygen atoms in total. The zero-order valence-electron chi connectivity index (χ0n) is 19.4. The lowest BCUT2D eigenvalue weighted by Crippen LogP contribution is -2.52.